The molecule has 6 nitrogen and oxygen atoms in total. The minimum Gasteiger partial charge on any atom is -0.457 e. The van der Waals surface area contributed by atoms with E-state index in [2.05, 4.69) is 22.4 Å². The Morgan fingerprint density at radius 2 is 1.72 bits per heavy atom. The molecule has 3 N–H and O–H groups in total. The van der Waals surface area contributed by atoms with Crippen molar-refractivity contribution in [1.29, 1.82) is 0 Å². The first-order chi connectivity index (χ1) is 15.7. The zero-order valence-electron chi connectivity index (χ0n) is 18.0. The van der Waals surface area contributed by atoms with Crippen molar-refractivity contribution in [3.63, 3.8) is 0 Å². The molecule has 3 aromatic carbocycles. The number of aliphatic imine (C=N–C) groups is 1. The SMILES string of the molecule is NC(=NCC1CC(=O)N(CCc2ccccc2)C1)Nc1cccc(Oc2ccccc2)c1. The highest BCUT2D eigenvalue weighted by molar-refractivity contribution is 5.92. The van der Waals surface area contributed by atoms with Gasteiger partial charge >= 0.3 is 0 Å². The van der Waals surface area contributed by atoms with Gasteiger partial charge in [0.05, 0.1) is 0 Å². The first-order valence-corrected chi connectivity index (χ1v) is 10.9. The van der Waals surface area contributed by atoms with E-state index in [1.54, 1.807) is 0 Å². The summed E-state index contributed by atoms with van der Waals surface area (Å²) in [6.07, 6.45) is 1.39. The molecule has 0 aliphatic carbocycles. The van der Waals surface area contributed by atoms with Gasteiger partial charge in [0.15, 0.2) is 5.96 Å². The first kappa shape index (κ1) is 21.4. The van der Waals surface area contributed by atoms with Gasteiger partial charge in [-0.1, -0.05) is 54.6 Å². The Bertz CT molecular complexity index is 1050. The number of hydrogen-bond acceptors (Lipinski definition) is 3. The third-order valence-corrected chi connectivity index (χ3v) is 5.41. The van der Waals surface area contributed by atoms with E-state index in [1.165, 1.54) is 5.56 Å². The highest BCUT2D eigenvalue weighted by atomic mass is 16.5. The second-order valence-electron chi connectivity index (χ2n) is 7.94. The number of nitrogens with two attached hydrogens (primary N) is 1. The molecular formula is C26H28N4O2. The maximum absolute atomic E-state index is 12.3. The van der Waals surface area contributed by atoms with Crippen LogP contribution >= 0.6 is 0 Å². The van der Waals surface area contributed by atoms with E-state index >= 15 is 0 Å². The average Bonchev–Trinajstić information content (AvgIpc) is 3.17. The normalized spacial score (nSPS) is 16.2. The van der Waals surface area contributed by atoms with Gasteiger partial charge in [-0.15, -0.1) is 0 Å². The number of carbonyl (C=O) groups is 1. The monoisotopic (exact) mass is 428 g/mol. The molecule has 1 unspecified atom stereocenters. The summed E-state index contributed by atoms with van der Waals surface area (Å²) in [5.74, 6) is 2.19. The predicted octanol–water partition coefficient (Wildman–Crippen LogP) is 4.30. The number of guanidine groups is 1. The van der Waals surface area contributed by atoms with Gasteiger partial charge in [-0.05, 0) is 36.2 Å². The Morgan fingerprint density at radius 1 is 1.00 bits per heavy atom. The van der Waals surface area contributed by atoms with Crippen LogP contribution in [-0.2, 0) is 11.2 Å². The number of ether oxygens (including phenoxy) is 1. The number of nitrogens with one attached hydrogen (secondary N) is 1. The molecule has 1 fully saturated rings. The summed E-state index contributed by atoms with van der Waals surface area (Å²) >= 11 is 0. The number of nitrogens with zero attached hydrogens (tertiary/aromatic N) is 2. The Balaban J connectivity index is 1.27. The first-order valence-electron chi connectivity index (χ1n) is 10.9. The third kappa shape index (κ3) is 6.11. The fourth-order valence-electron chi connectivity index (χ4n) is 3.78. The van der Waals surface area contributed by atoms with Gasteiger partial charge < -0.3 is 20.7 Å². The summed E-state index contributed by atoms with van der Waals surface area (Å²) in [6.45, 7) is 1.99. The fourth-order valence-corrected chi connectivity index (χ4v) is 3.78. The second-order valence-corrected chi connectivity index (χ2v) is 7.94. The maximum Gasteiger partial charge on any atom is 0.223 e. The van der Waals surface area contributed by atoms with Crippen molar-refractivity contribution >= 4 is 17.6 Å². The number of hydrogen-bond donors (Lipinski definition) is 2. The lowest BCUT2D eigenvalue weighted by atomic mass is 10.1. The minimum atomic E-state index is 0.186. The number of amides is 1. The number of anilines is 1. The Labute approximate surface area is 188 Å². The predicted molar refractivity (Wildman–Crippen MR) is 128 cm³/mol. The Hall–Kier alpha value is -3.80. The van der Waals surface area contributed by atoms with Crippen molar-refractivity contribution in [3.05, 3.63) is 90.5 Å². The second kappa shape index (κ2) is 10.5. The highest BCUT2D eigenvalue weighted by Gasteiger charge is 2.28. The molecule has 1 saturated heterocycles. The molecule has 1 aliphatic heterocycles. The zero-order valence-corrected chi connectivity index (χ0v) is 18.0. The molecule has 4 rings (SSSR count). The van der Waals surface area contributed by atoms with Crippen LogP contribution in [0, 0.1) is 5.92 Å². The molecular weight excluding hydrogens is 400 g/mol. The average molecular weight is 429 g/mol. The number of benzene rings is 3. The molecule has 0 bridgehead atoms. The van der Waals surface area contributed by atoms with E-state index in [0.717, 1.165) is 30.9 Å². The molecule has 0 spiro atoms. The molecule has 0 radical (unpaired) electrons. The fraction of sp³-hybridized carbons (Fsp3) is 0.231. The van der Waals surface area contributed by atoms with Crippen LogP contribution in [0.3, 0.4) is 0 Å². The lowest BCUT2D eigenvalue weighted by Gasteiger charge is -2.16. The van der Waals surface area contributed by atoms with Crippen molar-refractivity contribution < 1.29 is 9.53 Å². The number of para-hydroxylation sites is 1. The van der Waals surface area contributed by atoms with Gasteiger partial charge in [-0.2, -0.15) is 0 Å². The van der Waals surface area contributed by atoms with Gasteiger partial charge in [0.1, 0.15) is 11.5 Å². The standard InChI is InChI=1S/C26H28N4O2/c27-26(29-22-10-7-13-24(17-22)32-23-11-5-2-6-12-23)28-18-21-16-25(31)30(19-21)15-14-20-8-3-1-4-9-20/h1-13,17,21H,14-16,18-19H2,(H3,27,28,29). The Morgan fingerprint density at radius 3 is 2.50 bits per heavy atom. The smallest absolute Gasteiger partial charge is 0.223 e. The summed E-state index contributed by atoms with van der Waals surface area (Å²) in [4.78, 5) is 18.7. The minimum absolute atomic E-state index is 0.186. The van der Waals surface area contributed by atoms with Crippen LogP contribution in [0.15, 0.2) is 89.9 Å². The van der Waals surface area contributed by atoms with Crippen LogP contribution in [0.25, 0.3) is 0 Å². The Kier molecular flexibility index (Phi) is 7.02. The van der Waals surface area contributed by atoms with Crippen molar-refractivity contribution in [3.8, 4) is 11.5 Å². The molecule has 0 aromatic heterocycles. The molecule has 1 heterocycles. The van der Waals surface area contributed by atoms with Crippen molar-refractivity contribution in [1.82, 2.24) is 4.90 Å². The van der Waals surface area contributed by atoms with Crippen molar-refractivity contribution in [2.75, 3.05) is 25.0 Å². The third-order valence-electron chi connectivity index (χ3n) is 5.41. The molecule has 164 valence electrons. The van der Waals surface area contributed by atoms with Crippen LogP contribution in [0.2, 0.25) is 0 Å². The lowest BCUT2D eigenvalue weighted by molar-refractivity contribution is -0.127. The van der Waals surface area contributed by atoms with E-state index < -0.39 is 0 Å². The largest absolute Gasteiger partial charge is 0.457 e. The summed E-state index contributed by atoms with van der Waals surface area (Å²) in [7, 11) is 0. The maximum atomic E-state index is 12.3. The van der Waals surface area contributed by atoms with Gasteiger partial charge in [-0.3, -0.25) is 9.79 Å². The number of rotatable bonds is 8. The number of likely N-dealkylation sites (tertiary alicyclic amines) is 1. The van der Waals surface area contributed by atoms with Crippen molar-refractivity contribution in [2.24, 2.45) is 16.6 Å². The molecule has 32 heavy (non-hydrogen) atoms. The summed E-state index contributed by atoms with van der Waals surface area (Å²) < 4.78 is 5.86. The molecule has 0 saturated carbocycles. The van der Waals surface area contributed by atoms with Crippen LogP contribution in [0.4, 0.5) is 5.69 Å². The van der Waals surface area contributed by atoms with Crippen LogP contribution < -0.4 is 15.8 Å². The highest BCUT2D eigenvalue weighted by Crippen LogP contribution is 2.24. The number of carbonyl (C=O) groups excluding carboxylic acids is 1. The van der Waals surface area contributed by atoms with Crippen LogP contribution in [0.1, 0.15) is 12.0 Å². The van der Waals surface area contributed by atoms with E-state index in [1.807, 2.05) is 77.7 Å². The van der Waals surface area contributed by atoms with E-state index in [4.69, 9.17) is 10.5 Å². The van der Waals surface area contributed by atoms with E-state index in [-0.39, 0.29) is 11.8 Å². The topological polar surface area (TPSA) is 80.0 Å². The molecule has 1 aliphatic rings. The van der Waals surface area contributed by atoms with E-state index in [0.29, 0.717) is 24.7 Å². The van der Waals surface area contributed by atoms with Gasteiger partial charge in [0.25, 0.3) is 0 Å². The molecule has 3 aromatic rings. The summed E-state index contributed by atoms with van der Waals surface area (Å²) in [6, 6.07) is 27.4. The molecule has 1 amide bonds. The van der Waals surface area contributed by atoms with Crippen molar-refractivity contribution in [2.45, 2.75) is 12.8 Å². The van der Waals surface area contributed by atoms with Gasteiger partial charge in [-0.25, -0.2) is 0 Å². The zero-order chi connectivity index (χ0) is 22.2. The lowest BCUT2D eigenvalue weighted by Crippen LogP contribution is -2.28. The van der Waals surface area contributed by atoms with Crippen LogP contribution in [-0.4, -0.2) is 36.4 Å². The van der Waals surface area contributed by atoms with Crippen LogP contribution in [0.5, 0.6) is 11.5 Å². The van der Waals surface area contributed by atoms with Gasteiger partial charge in [0, 0.05) is 43.7 Å². The molecule has 6 heteroatoms. The van der Waals surface area contributed by atoms with Gasteiger partial charge in [0.2, 0.25) is 5.91 Å². The van der Waals surface area contributed by atoms with E-state index in [9.17, 15) is 4.79 Å². The summed E-state index contributed by atoms with van der Waals surface area (Å²) in [5, 5.41) is 3.11. The molecule has 1 atom stereocenters. The summed E-state index contributed by atoms with van der Waals surface area (Å²) in [5.41, 5.74) is 8.13. The quantitative estimate of drug-likeness (QED) is 0.414.